The first-order valence-electron chi connectivity index (χ1n) is 5.22. The van der Waals surface area contributed by atoms with Crippen molar-refractivity contribution >= 4 is 5.97 Å². The molecule has 0 radical (unpaired) electrons. The van der Waals surface area contributed by atoms with Crippen molar-refractivity contribution in [1.29, 1.82) is 0 Å². The Morgan fingerprint density at radius 2 is 2.11 bits per heavy atom. The van der Waals surface area contributed by atoms with E-state index >= 15 is 0 Å². The third-order valence-electron chi connectivity index (χ3n) is 2.42. The van der Waals surface area contributed by atoms with Crippen molar-refractivity contribution in [3.05, 3.63) is 40.1 Å². The van der Waals surface area contributed by atoms with Gasteiger partial charge in [0.15, 0.2) is 0 Å². The number of rotatable bonds is 2. The molecule has 0 spiro atoms. The van der Waals surface area contributed by atoms with Gasteiger partial charge in [-0.3, -0.25) is 9.48 Å². The number of esters is 1. The molecule has 0 saturated heterocycles. The molecule has 0 aliphatic rings. The minimum atomic E-state index is -0.754. The molecule has 0 atom stereocenters. The Hall–Kier alpha value is -2.44. The summed E-state index contributed by atoms with van der Waals surface area (Å²) in [6, 6.07) is 1.27. The van der Waals surface area contributed by atoms with E-state index in [0.29, 0.717) is 5.69 Å². The summed E-state index contributed by atoms with van der Waals surface area (Å²) >= 11 is 0. The third kappa shape index (κ3) is 2.02. The van der Waals surface area contributed by atoms with E-state index in [1.807, 2.05) is 6.92 Å². The van der Waals surface area contributed by atoms with Crippen LogP contribution < -0.4 is 5.43 Å². The molecule has 0 saturated carbocycles. The maximum absolute atomic E-state index is 11.5. The van der Waals surface area contributed by atoms with Crippen LogP contribution in [-0.2, 0) is 11.8 Å². The topological polar surface area (TPSA) is 79.0 Å². The lowest BCUT2D eigenvalue weighted by Crippen LogP contribution is -2.21. The van der Waals surface area contributed by atoms with Gasteiger partial charge in [-0.25, -0.2) is 9.48 Å². The molecule has 7 nitrogen and oxygen atoms in total. The standard InChI is InChI=1S/C11H12N4O3/c1-7-8(6-14(2)12-7)15-5-4-9(16)10(13-15)11(17)18-3/h4-6H,1-3H3. The second-order valence-corrected chi connectivity index (χ2v) is 3.74. The SMILES string of the molecule is COC(=O)c1nn(-c2cn(C)nc2C)ccc1=O. The van der Waals surface area contributed by atoms with Gasteiger partial charge >= 0.3 is 5.97 Å². The molecule has 0 N–H and O–H groups in total. The van der Waals surface area contributed by atoms with E-state index in [-0.39, 0.29) is 5.69 Å². The first kappa shape index (κ1) is 12.0. The number of hydrogen-bond acceptors (Lipinski definition) is 5. The molecule has 94 valence electrons. The molecule has 2 rings (SSSR count). The van der Waals surface area contributed by atoms with Gasteiger partial charge in [-0.1, -0.05) is 0 Å². The summed E-state index contributed by atoms with van der Waals surface area (Å²) in [7, 11) is 2.98. The normalized spacial score (nSPS) is 10.4. The summed E-state index contributed by atoms with van der Waals surface area (Å²) in [5, 5.41) is 8.13. The van der Waals surface area contributed by atoms with E-state index in [1.165, 1.54) is 24.1 Å². The fourth-order valence-electron chi connectivity index (χ4n) is 1.59. The molecular weight excluding hydrogens is 236 g/mol. The van der Waals surface area contributed by atoms with Crippen LogP contribution in [0.25, 0.3) is 5.69 Å². The van der Waals surface area contributed by atoms with Crippen LogP contribution in [0.4, 0.5) is 0 Å². The van der Waals surface area contributed by atoms with Crippen LogP contribution in [0.2, 0.25) is 0 Å². The number of methoxy groups -OCH3 is 1. The molecule has 0 amide bonds. The Morgan fingerprint density at radius 3 is 2.67 bits per heavy atom. The van der Waals surface area contributed by atoms with Crippen LogP contribution in [0.3, 0.4) is 0 Å². The zero-order valence-corrected chi connectivity index (χ0v) is 10.2. The first-order valence-corrected chi connectivity index (χ1v) is 5.22. The average Bonchev–Trinajstić information content (AvgIpc) is 2.68. The maximum Gasteiger partial charge on any atom is 0.362 e. The summed E-state index contributed by atoms with van der Waals surface area (Å²) in [5.41, 5.74) is 0.718. The molecule has 18 heavy (non-hydrogen) atoms. The number of hydrogen-bond donors (Lipinski definition) is 0. The quantitative estimate of drug-likeness (QED) is 0.702. The lowest BCUT2D eigenvalue weighted by atomic mass is 10.3. The van der Waals surface area contributed by atoms with Crippen molar-refractivity contribution in [2.75, 3.05) is 7.11 Å². The summed E-state index contributed by atoms with van der Waals surface area (Å²) in [6.07, 6.45) is 3.23. The van der Waals surface area contributed by atoms with Gasteiger partial charge in [0, 0.05) is 19.3 Å². The first-order chi connectivity index (χ1) is 8.52. The Balaban J connectivity index is 2.57. The van der Waals surface area contributed by atoms with Crippen molar-refractivity contribution in [2.45, 2.75) is 6.92 Å². The lowest BCUT2D eigenvalue weighted by Gasteiger charge is -2.04. The zero-order valence-electron chi connectivity index (χ0n) is 10.2. The predicted molar refractivity (Wildman–Crippen MR) is 62.7 cm³/mol. The number of aromatic nitrogens is 4. The van der Waals surface area contributed by atoms with E-state index in [1.54, 1.807) is 17.9 Å². The van der Waals surface area contributed by atoms with Gasteiger partial charge in [-0.05, 0) is 6.92 Å². The number of nitrogens with zero attached hydrogens (tertiary/aromatic N) is 4. The zero-order chi connectivity index (χ0) is 13.3. The van der Waals surface area contributed by atoms with Crippen molar-refractivity contribution in [2.24, 2.45) is 7.05 Å². The maximum atomic E-state index is 11.5. The molecule has 2 aromatic rings. The molecule has 0 fully saturated rings. The van der Waals surface area contributed by atoms with E-state index in [4.69, 9.17) is 0 Å². The Morgan fingerprint density at radius 1 is 1.39 bits per heavy atom. The Labute approximate surface area is 103 Å². The van der Waals surface area contributed by atoms with Crippen molar-refractivity contribution in [1.82, 2.24) is 19.6 Å². The molecule has 0 aliphatic carbocycles. The predicted octanol–water partition coefficient (Wildman–Crippen LogP) is 0.0610. The number of carbonyl (C=O) groups excluding carboxylic acids is 1. The summed E-state index contributed by atoms with van der Waals surface area (Å²) in [6.45, 7) is 1.81. The molecule has 2 aromatic heterocycles. The summed E-state index contributed by atoms with van der Waals surface area (Å²) < 4.78 is 7.56. The minimum absolute atomic E-state index is 0.247. The highest BCUT2D eigenvalue weighted by Crippen LogP contribution is 2.09. The molecule has 0 bridgehead atoms. The smallest absolute Gasteiger partial charge is 0.362 e. The summed E-state index contributed by atoms with van der Waals surface area (Å²) in [4.78, 5) is 22.9. The monoisotopic (exact) mass is 248 g/mol. The van der Waals surface area contributed by atoms with Gasteiger partial charge in [0.05, 0.1) is 19.0 Å². The van der Waals surface area contributed by atoms with Gasteiger partial charge in [-0.15, -0.1) is 0 Å². The highest BCUT2D eigenvalue weighted by Gasteiger charge is 2.14. The molecule has 0 aliphatic heterocycles. The largest absolute Gasteiger partial charge is 0.464 e. The van der Waals surface area contributed by atoms with Crippen molar-refractivity contribution in [3.63, 3.8) is 0 Å². The lowest BCUT2D eigenvalue weighted by molar-refractivity contribution is 0.0590. The van der Waals surface area contributed by atoms with Crippen LogP contribution in [-0.4, -0.2) is 32.6 Å². The van der Waals surface area contributed by atoms with Crippen LogP contribution in [0.1, 0.15) is 16.2 Å². The van der Waals surface area contributed by atoms with Gasteiger partial charge in [0.2, 0.25) is 11.1 Å². The van der Waals surface area contributed by atoms with E-state index in [0.717, 1.165) is 5.69 Å². The van der Waals surface area contributed by atoms with Gasteiger partial charge < -0.3 is 4.74 Å². The summed E-state index contributed by atoms with van der Waals surface area (Å²) in [5.74, 6) is -0.754. The fourth-order valence-corrected chi connectivity index (χ4v) is 1.59. The van der Waals surface area contributed by atoms with Gasteiger partial charge in [-0.2, -0.15) is 10.2 Å². The highest BCUT2D eigenvalue weighted by molar-refractivity contribution is 5.86. The number of aryl methyl sites for hydroxylation is 2. The third-order valence-corrected chi connectivity index (χ3v) is 2.42. The average molecular weight is 248 g/mol. The molecule has 0 unspecified atom stereocenters. The molecule has 2 heterocycles. The van der Waals surface area contributed by atoms with Crippen LogP contribution in [0, 0.1) is 6.92 Å². The molecular formula is C11H12N4O3. The minimum Gasteiger partial charge on any atom is -0.464 e. The van der Waals surface area contributed by atoms with E-state index in [9.17, 15) is 9.59 Å². The number of carbonyl (C=O) groups is 1. The van der Waals surface area contributed by atoms with E-state index in [2.05, 4.69) is 14.9 Å². The van der Waals surface area contributed by atoms with E-state index < -0.39 is 11.4 Å². The van der Waals surface area contributed by atoms with Crippen molar-refractivity contribution < 1.29 is 9.53 Å². The second-order valence-electron chi connectivity index (χ2n) is 3.74. The van der Waals surface area contributed by atoms with Gasteiger partial charge in [0.1, 0.15) is 5.69 Å². The van der Waals surface area contributed by atoms with Crippen molar-refractivity contribution in [3.8, 4) is 5.69 Å². The highest BCUT2D eigenvalue weighted by atomic mass is 16.5. The molecule has 0 aromatic carbocycles. The Bertz CT molecular complexity index is 657. The number of ether oxygens (including phenoxy) is 1. The van der Waals surface area contributed by atoms with Crippen LogP contribution in [0.15, 0.2) is 23.3 Å². The fraction of sp³-hybridized carbons (Fsp3) is 0.273. The van der Waals surface area contributed by atoms with Crippen LogP contribution >= 0.6 is 0 Å². The Kier molecular flexibility index (Phi) is 2.97. The molecule has 7 heteroatoms. The van der Waals surface area contributed by atoms with Crippen LogP contribution in [0.5, 0.6) is 0 Å². The van der Waals surface area contributed by atoms with Gasteiger partial charge in [0.25, 0.3) is 0 Å². The second kappa shape index (κ2) is 4.44.